The van der Waals surface area contributed by atoms with Crippen molar-refractivity contribution in [2.45, 2.75) is 313 Å². The molecule has 6 saturated carbocycles. The van der Waals surface area contributed by atoms with E-state index >= 15 is 0 Å². The molecule has 0 saturated heterocycles. The van der Waals surface area contributed by atoms with E-state index in [0.29, 0.717) is 53.3 Å². The zero-order valence-electron chi connectivity index (χ0n) is 72.3. The molecule has 29 heteroatoms. The van der Waals surface area contributed by atoms with E-state index in [2.05, 4.69) is 156 Å². The number of hydrogen-bond donors (Lipinski definition) is 3. The lowest BCUT2D eigenvalue weighted by atomic mass is 9.89. The monoisotopic (exact) mass is 1620 g/mol. The number of nitrogen functional groups attached to an aromatic ring is 1. The number of fused-ring (bicyclic) bond motifs is 6. The van der Waals surface area contributed by atoms with E-state index in [-0.39, 0.29) is 0 Å². The van der Waals surface area contributed by atoms with Crippen molar-refractivity contribution in [1.29, 1.82) is 0 Å². The standard InChI is InChI=1S/C17H23N5.C15H23N5.C15H22N4O.C15H22N4S.C14H20N4.C13H19N5/c1-4-12(2)20-17-21-15-16(19-13(3)10-18-15)22(17)11-14-8-6-5-7-9-14;1-3-16-15-19-13-14(18-11(2)9-17-13)20(15)10-12-7-5-4-6-8-12;2*1-3-20-15-18-13-14(17-11(2)9-16-13)19(15)10-12-7-5-4-6-8-12;1-10-8-15-13-14(16-10)18(11(2)17-13)9-12-6-4-3-5-7-12;1-9-7-15-11-12(16-9)18(13(14)17-11)8-10-5-3-2-4-6-10/h10,14H,1,5-9,11H2,2-3H3,(H,18,20,21);9,12H,3-8,10H2,1-2H3,(H,16,17,19);2*9,12H,3-8,10H2,1-2H3;8,12H,3-7,9H2,1-2H3;7,10H,2-6,8H2,1H3,(H2,14,15,17). The van der Waals surface area contributed by atoms with Gasteiger partial charge in [-0.1, -0.05) is 141 Å². The van der Waals surface area contributed by atoms with Crippen molar-refractivity contribution in [3.05, 3.63) is 95.2 Å². The molecule has 0 aliphatic heterocycles. The summed E-state index contributed by atoms with van der Waals surface area (Å²) in [5.41, 5.74) is 25.1. The molecule has 6 fully saturated rings. The third-order valence-corrected chi connectivity index (χ3v) is 24.9. The number of thioether (sulfide) groups is 1. The number of nitrogens with two attached hydrogens (primary N) is 1. The number of allylic oxidation sites excluding steroid dienone is 1. The molecule has 6 aliphatic rings. The average molecular weight is 1630 g/mol. The van der Waals surface area contributed by atoms with Gasteiger partial charge in [-0.3, -0.25) is 18.3 Å². The van der Waals surface area contributed by atoms with Gasteiger partial charge in [0.05, 0.1) is 83.6 Å². The van der Waals surface area contributed by atoms with Crippen LogP contribution >= 0.6 is 11.8 Å². The Labute approximate surface area is 700 Å². The van der Waals surface area contributed by atoms with Gasteiger partial charge < -0.3 is 30.2 Å². The molecule has 118 heavy (non-hydrogen) atoms. The fourth-order valence-corrected chi connectivity index (χ4v) is 18.6. The summed E-state index contributed by atoms with van der Waals surface area (Å²) in [4.78, 5) is 81.0. The predicted molar refractivity (Wildman–Crippen MR) is 473 cm³/mol. The number of nitrogens with one attached hydrogen (secondary N) is 2. The Hall–Kier alpha value is -9.63. The Kier molecular flexibility index (Phi) is 30.9. The molecule has 4 N–H and O–H groups in total. The highest BCUT2D eigenvalue weighted by Gasteiger charge is 2.27. The molecule has 28 nitrogen and oxygen atoms in total. The number of rotatable bonds is 20. The number of nitrogens with zero attached hydrogens (tertiary/aromatic N) is 24. The van der Waals surface area contributed by atoms with Crippen LogP contribution in [0.1, 0.15) is 260 Å². The summed E-state index contributed by atoms with van der Waals surface area (Å²) in [7, 11) is 0. The van der Waals surface area contributed by atoms with Crippen LogP contribution in [0.25, 0.3) is 67.8 Å². The van der Waals surface area contributed by atoms with E-state index in [9.17, 15) is 0 Å². The van der Waals surface area contributed by atoms with E-state index in [1.807, 2.05) is 60.0 Å². The van der Waals surface area contributed by atoms with Gasteiger partial charge in [0.2, 0.25) is 23.5 Å². The number of ether oxygens (including phenoxy) is 1. The van der Waals surface area contributed by atoms with Crippen molar-refractivity contribution >= 4 is 97.4 Å². The van der Waals surface area contributed by atoms with Crippen molar-refractivity contribution in [2.75, 3.05) is 35.3 Å². The van der Waals surface area contributed by atoms with Gasteiger partial charge in [0.15, 0.2) is 67.3 Å². The fraction of sp³-hybridized carbons (Fsp3) is 0.629. The van der Waals surface area contributed by atoms with Crippen molar-refractivity contribution < 1.29 is 4.74 Å². The molecular weight excluding hydrogens is 1500 g/mol. The van der Waals surface area contributed by atoms with Crippen LogP contribution in [0.2, 0.25) is 0 Å². The molecule has 0 spiro atoms. The van der Waals surface area contributed by atoms with Crippen molar-refractivity contribution in [3.8, 4) is 6.01 Å². The van der Waals surface area contributed by atoms with Gasteiger partial charge in [0.1, 0.15) is 5.82 Å². The first-order chi connectivity index (χ1) is 57.5. The topological polar surface area (TPSA) is 321 Å². The first-order valence-electron chi connectivity index (χ1n) is 44.5. The number of aryl methyl sites for hydroxylation is 7. The van der Waals surface area contributed by atoms with Gasteiger partial charge in [-0.05, 0) is 188 Å². The van der Waals surface area contributed by atoms with Gasteiger partial charge in [0, 0.05) is 45.8 Å². The maximum atomic E-state index is 5.99. The number of aromatic nitrogens is 24. The summed E-state index contributed by atoms with van der Waals surface area (Å²) in [5.74, 6) is 8.76. The Balaban J connectivity index is 0.000000123. The molecule has 6 aliphatic carbocycles. The summed E-state index contributed by atoms with van der Waals surface area (Å²) in [6.07, 6.45) is 50.9. The third kappa shape index (κ3) is 22.8. The second kappa shape index (κ2) is 42.3. The zero-order valence-corrected chi connectivity index (χ0v) is 73.2. The number of hydrogen-bond acceptors (Lipinski definition) is 23. The summed E-state index contributed by atoms with van der Waals surface area (Å²) in [5, 5.41) is 7.70. The second-order valence-corrected chi connectivity index (χ2v) is 35.0. The van der Waals surface area contributed by atoms with Gasteiger partial charge in [-0.2, -0.15) is 19.9 Å². The highest BCUT2D eigenvalue weighted by Crippen LogP contribution is 2.35. The largest absolute Gasteiger partial charge is 0.465 e. The van der Waals surface area contributed by atoms with Crippen LogP contribution in [-0.4, -0.2) is 136 Å². The number of imidazole rings is 6. The molecular formula is C89H129N27OS. The van der Waals surface area contributed by atoms with Crippen LogP contribution < -0.4 is 21.1 Å². The van der Waals surface area contributed by atoms with E-state index in [1.165, 1.54) is 193 Å². The lowest BCUT2D eigenvalue weighted by Crippen LogP contribution is -2.16. The zero-order chi connectivity index (χ0) is 82.4. The summed E-state index contributed by atoms with van der Waals surface area (Å²) in [6, 6.07) is 0.665. The minimum absolute atomic E-state index is 0.543. The summed E-state index contributed by atoms with van der Waals surface area (Å²) < 4.78 is 18.8. The smallest absolute Gasteiger partial charge is 0.300 e. The first kappa shape index (κ1) is 86.2. The van der Waals surface area contributed by atoms with Crippen LogP contribution in [0.15, 0.2) is 60.3 Å². The molecule has 12 aromatic heterocycles. The summed E-state index contributed by atoms with van der Waals surface area (Å²) >= 11 is 1.79. The Morgan fingerprint density at radius 3 is 1.08 bits per heavy atom. The Morgan fingerprint density at radius 1 is 0.381 bits per heavy atom. The second-order valence-electron chi connectivity index (χ2n) is 33.8. The molecule has 632 valence electrons. The van der Waals surface area contributed by atoms with Gasteiger partial charge in [-0.15, -0.1) is 5.73 Å². The lowest BCUT2D eigenvalue weighted by Gasteiger charge is -2.23. The van der Waals surface area contributed by atoms with Gasteiger partial charge in [-0.25, -0.2) is 69.8 Å². The normalized spacial score (nSPS) is 16.8. The maximum Gasteiger partial charge on any atom is 0.300 e. The van der Waals surface area contributed by atoms with Crippen LogP contribution in [-0.2, 0) is 39.3 Å². The van der Waals surface area contributed by atoms with E-state index in [0.717, 1.165) is 183 Å². The maximum absolute atomic E-state index is 5.99. The minimum atomic E-state index is 0.543. The minimum Gasteiger partial charge on any atom is -0.465 e. The molecule has 12 heterocycles. The van der Waals surface area contributed by atoms with Crippen LogP contribution in [0.4, 0.5) is 17.8 Å². The average Bonchev–Trinajstić information content (AvgIpc) is 1.64. The molecule has 0 bridgehead atoms. The predicted octanol–water partition coefficient (Wildman–Crippen LogP) is 19.2. The quantitative estimate of drug-likeness (QED) is 0.0471. The molecule has 0 unspecified atom stereocenters. The van der Waals surface area contributed by atoms with Crippen LogP contribution in [0.3, 0.4) is 0 Å². The Morgan fingerprint density at radius 2 is 0.686 bits per heavy atom. The van der Waals surface area contributed by atoms with Crippen molar-refractivity contribution in [1.82, 2.24) is 117 Å². The summed E-state index contributed by atoms with van der Waals surface area (Å²) in [6.45, 7) is 33.2. The number of anilines is 3. The SMILES string of the molecule is C=C=C(C)Nc1nc2ncc(C)nc2n1CC1CCCCC1.CCNc1nc2ncc(C)nc2n1CC1CCCCC1.CCOc1nc2ncc(C)nc2n1CC1CCCCC1.CCSc1nc2ncc(C)nc2n1CC1CCCCC1.Cc1cnc2nc(C)n(CC3CCCCC3)c2n1.Cc1cnc2nc(N)n(CC3CCCCC3)c2n1. The van der Waals surface area contributed by atoms with Crippen molar-refractivity contribution in [2.24, 2.45) is 35.5 Å². The first-order valence-corrected chi connectivity index (χ1v) is 45.5. The molecule has 0 atom stereocenters. The van der Waals surface area contributed by atoms with E-state index < -0.39 is 0 Å². The van der Waals surface area contributed by atoms with Crippen molar-refractivity contribution in [3.63, 3.8) is 0 Å². The Bertz CT molecular complexity index is 4900. The molecule has 12 aromatic rings. The molecule has 0 radical (unpaired) electrons. The molecule has 0 aromatic carbocycles. The molecule has 0 amide bonds. The highest BCUT2D eigenvalue weighted by atomic mass is 32.2. The van der Waals surface area contributed by atoms with Gasteiger partial charge in [0.25, 0.3) is 6.01 Å². The molecule has 18 rings (SSSR count). The van der Waals surface area contributed by atoms with E-state index in [4.69, 9.17) is 10.5 Å². The van der Waals surface area contributed by atoms with E-state index in [1.54, 1.807) is 48.9 Å². The lowest BCUT2D eigenvalue weighted by molar-refractivity contribution is 0.268. The fourth-order valence-electron chi connectivity index (χ4n) is 17.9. The third-order valence-electron chi connectivity index (χ3n) is 24.1. The van der Waals surface area contributed by atoms with Crippen LogP contribution in [0.5, 0.6) is 6.01 Å². The van der Waals surface area contributed by atoms with Gasteiger partial charge >= 0.3 is 0 Å². The highest BCUT2D eigenvalue weighted by molar-refractivity contribution is 7.99. The van der Waals surface area contributed by atoms with Crippen LogP contribution in [0, 0.1) is 84.0 Å².